The van der Waals surface area contributed by atoms with Gasteiger partial charge in [0.1, 0.15) is 11.4 Å². The van der Waals surface area contributed by atoms with Gasteiger partial charge >= 0.3 is 5.69 Å². The number of hydrogen-bond acceptors (Lipinski definition) is 6. The van der Waals surface area contributed by atoms with Gasteiger partial charge in [0.05, 0.1) is 23.2 Å². The molecule has 0 spiro atoms. The van der Waals surface area contributed by atoms with Crippen LogP contribution in [0.1, 0.15) is 29.7 Å². The zero-order valence-electron chi connectivity index (χ0n) is 14.7. The summed E-state index contributed by atoms with van der Waals surface area (Å²) < 4.78 is 7.09. The minimum atomic E-state index is -0.476. The molecule has 2 heterocycles. The zero-order valence-corrected chi connectivity index (χ0v) is 15.5. The molecule has 27 heavy (non-hydrogen) atoms. The van der Waals surface area contributed by atoms with Gasteiger partial charge in [-0.3, -0.25) is 19.5 Å². The molecule has 2 aromatic heterocycles. The lowest BCUT2D eigenvalue weighted by Gasteiger charge is -2.08. The third-order valence-electron chi connectivity index (χ3n) is 4.84. The van der Waals surface area contributed by atoms with E-state index in [2.05, 4.69) is 4.98 Å². The Bertz CT molecular complexity index is 1060. The number of rotatable bonds is 5. The average Bonchev–Trinajstić information content (AvgIpc) is 2.86. The highest BCUT2D eigenvalue weighted by atomic mass is 32.1. The third kappa shape index (κ3) is 3.44. The van der Waals surface area contributed by atoms with E-state index in [1.807, 2.05) is 0 Å². The van der Waals surface area contributed by atoms with Gasteiger partial charge in [-0.25, -0.2) is 4.98 Å². The van der Waals surface area contributed by atoms with E-state index in [1.54, 1.807) is 35.9 Å². The van der Waals surface area contributed by atoms with Gasteiger partial charge in [0.25, 0.3) is 5.56 Å². The van der Waals surface area contributed by atoms with Crippen molar-refractivity contribution in [1.82, 2.24) is 9.55 Å². The average molecular weight is 385 g/mol. The monoisotopic (exact) mass is 385 g/mol. The first-order valence-electron chi connectivity index (χ1n) is 9.01. The molecule has 0 amide bonds. The summed E-state index contributed by atoms with van der Waals surface area (Å²) in [5.74, 6) is 0.203. The van der Waals surface area contributed by atoms with Crippen LogP contribution in [-0.2, 0) is 19.4 Å². The fourth-order valence-electron chi connectivity index (χ4n) is 3.50. The molecule has 0 fully saturated rings. The molecule has 1 aromatic carbocycles. The highest BCUT2D eigenvalue weighted by Crippen LogP contribution is 2.32. The van der Waals surface area contributed by atoms with Crippen LogP contribution in [0.5, 0.6) is 5.75 Å². The summed E-state index contributed by atoms with van der Waals surface area (Å²) in [6.07, 6.45) is 6.97. The topological polar surface area (TPSA) is 87.3 Å². The minimum Gasteiger partial charge on any atom is -0.485 e. The van der Waals surface area contributed by atoms with Crippen molar-refractivity contribution in [1.29, 1.82) is 0 Å². The van der Waals surface area contributed by atoms with Crippen molar-refractivity contribution >= 4 is 27.2 Å². The number of nitro benzene ring substituents is 1. The number of nitrogens with zero attached hydrogens (tertiary/aromatic N) is 3. The van der Waals surface area contributed by atoms with Gasteiger partial charge in [-0.1, -0.05) is 18.6 Å². The van der Waals surface area contributed by atoms with Gasteiger partial charge in [-0.15, -0.1) is 11.3 Å². The number of fused-ring (bicyclic) bond motifs is 3. The standard InChI is InChI=1S/C19H19N3O4S/c23-19-17-13-6-2-1-3-9-16(13)27-18(17)20-12-21(19)10-11-26-15-8-5-4-7-14(15)22(24)25/h4-5,7-8,12H,1-3,6,9-11H2. The summed E-state index contributed by atoms with van der Waals surface area (Å²) in [7, 11) is 0. The fraction of sp³-hybridized carbons (Fsp3) is 0.368. The molecule has 0 atom stereocenters. The molecule has 0 N–H and O–H groups in total. The normalized spacial score (nSPS) is 13.9. The second-order valence-electron chi connectivity index (χ2n) is 6.56. The molecule has 0 saturated heterocycles. The summed E-state index contributed by atoms with van der Waals surface area (Å²) in [6, 6.07) is 6.23. The lowest BCUT2D eigenvalue weighted by Crippen LogP contribution is -2.23. The minimum absolute atomic E-state index is 0.0504. The van der Waals surface area contributed by atoms with Crippen molar-refractivity contribution in [2.24, 2.45) is 0 Å². The predicted octanol–water partition coefficient (Wildman–Crippen LogP) is 3.71. The maximum Gasteiger partial charge on any atom is 0.310 e. The van der Waals surface area contributed by atoms with E-state index in [4.69, 9.17) is 4.74 Å². The highest BCUT2D eigenvalue weighted by molar-refractivity contribution is 7.18. The quantitative estimate of drug-likeness (QED) is 0.379. The predicted molar refractivity (Wildman–Crippen MR) is 104 cm³/mol. The first-order valence-corrected chi connectivity index (χ1v) is 9.82. The van der Waals surface area contributed by atoms with Crippen LogP contribution in [-0.4, -0.2) is 21.1 Å². The van der Waals surface area contributed by atoms with Crippen molar-refractivity contribution in [2.45, 2.75) is 38.6 Å². The number of aryl methyl sites for hydroxylation is 2. The van der Waals surface area contributed by atoms with Gasteiger partial charge in [0.2, 0.25) is 0 Å². The lowest BCUT2D eigenvalue weighted by atomic mass is 10.1. The van der Waals surface area contributed by atoms with Gasteiger partial charge in [0.15, 0.2) is 5.75 Å². The molecule has 0 bridgehead atoms. The van der Waals surface area contributed by atoms with Crippen LogP contribution in [0.25, 0.3) is 10.2 Å². The summed E-state index contributed by atoms with van der Waals surface area (Å²) in [4.78, 5) is 30.1. The molecule has 3 aromatic rings. The van der Waals surface area contributed by atoms with Crippen LogP contribution in [0, 0.1) is 10.1 Å². The van der Waals surface area contributed by atoms with Gasteiger partial charge in [0, 0.05) is 10.9 Å². The van der Waals surface area contributed by atoms with Crippen LogP contribution in [0.3, 0.4) is 0 Å². The smallest absolute Gasteiger partial charge is 0.310 e. The number of benzene rings is 1. The summed E-state index contributed by atoms with van der Waals surface area (Å²) in [5, 5.41) is 11.8. The zero-order chi connectivity index (χ0) is 18.8. The molecule has 0 saturated carbocycles. The largest absolute Gasteiger partial charge is 0.485 e. The fourth-order valence-corrected chi connectivity index (χ4v) is 4.72. The van der Waals surface area contributed by atoms with Crippen LogP contribution in [0.4, 0.5) is 5.69 Å². The van der Waals surface area contributed by atoms with E-state index in [-0.39, 0.29) is 23.6 Å². The SMILES string of the molecule is O=c1c2c3c(sc2ncn1CCOc1ccccc1[N+](=O)[O-])CCCCC3. The number of thiophene rings is 1. The maximum atomic E-state index is 13.0. The van der Waals surface area contributed by atoms with Crippen LogP contribution in [0.2, 0.25) is 0 Å². The Balaban J connectivity index is 1.56. The summed E-state index contributed by atoms with van der Waals surface area (Å²) in [5.41, 5.74) is 1.03. The second kappa shape index (κ2) is 7.48. The van der Waals surface area contributed by atoms with Crippen molar-refractivity contribution in [3.63, 3.8) is 0 Å². The van der Waals surface area contributed by atoms with E-state index in [0.717, 1.165) is 35.9 Å². The molecule has 8 heteroatoms. The number of para-hydroxylation sites is 2. The molecule has 4 rings (SSSR count). The Labute approximate surface area is 159 Å². The maximum absolute atomic E-state index is 13.0. The molecule has 0 aliphatic heterocycles. The molecule has 0 unspecified atom stereocenters. The van der Waals surface area contributed by atoms with Crippen LogP contribution in [0.15, 0.2) is 35.4 Å². The first kappa shape index (κ1) is 17.7. The third-order valence-corrected chi connectivity index (χ3v) is 6.04. The Morgan fingerprint density at radius 1 is 1.22 bits per heavy atom. The van der Waals surface area contributed by atoms with Crippen LogP contribution >= 0.6 is 11.3 Å². The molecule has 1 aliphatic rings. The molecule has 140 valence electrons. The Morgan fingerprint density at radius 3 is 2.89 bits per heavy atom. The van der Waals surface area contributed by atoms with E-state index in [9.17, 15) is 14.9 Å². The Kier molecular flexibility index (Phi) is 4.89. The number of ether oxygens (including phenoxy) is 1. The van der Waals surface area contributed by atoms with Crippen molar-refractivity contribution in [3.8, 4) is 5.75 Å². The Morgan fingerprint density at radius 2 is 2.04 bits per heavy atom. The van der Waals surface area contributed by atoms with Gasteiger partial charge in [-0.05, 0) is 37.3 Å². The van der Waals surface area contributed by atoms with E-state index in [1.165, 1.54) is 27.5 Å². The molecule has 0 radical (unpaired) electrons. The second-order valence-corrected chi connectivity index (χ2v) is 7.64. The van der Waals surface area contributed by atoms with E-state index >= 15 is 0 Å². The van der Waals surface area contributed by atoms with Gasteiger partial charge < -0.3 is 4.74 Å². The van der Waals surface area contributed by atoms with Crippen molar-refractivity contribution < 1.29 is 9.66 Å². The number of hydrogen-bond donors (Lipinski definition) is 0. The summed E-state index contributed by atoms with van der Waals surface area (Å²) >= 11 is 1.63. The summed E-state index contributed by atoms with van der Waals surface area (Å²) in [6.45, 7) is 0.447. The van der Waals surface area contributed by atoms with Gasteiger partial charge in [-0.2, -0.15) is 0 Å². The highest BCUT2D eigenvalue weighted by Gasteiger charge is 2.19. The number of nitro groups is 1. The van der Waals surface area contributed by atoms with Crippen molar-refractivity contribution in [2.75, 3.05) is 6.61 Å². The molecular formula is C19H19N3O4S. The van der Waals surface area contributed by atoms with Crippen LogP contribution < -0.4 is 10.3 Å². The van der Waals surface area contributed by atoms with E-state index in [0.29, 0.717) is 6.54 Å². The number of aromatic nitrogens is 2. The molecule has 1 aliphatic carbocycles. The Hall–Kier alpha value is -2.74. The molecular weight excluding hydrogens is 366 g/mol. The van der Waals surface area contributed by atoms with E-state index < -0.39 is 4.92 Å². The molecule has 7 nitrogen and oxygen atoms in total. The van der Waals surface area contributed by atoms with Crippen molar-refractivity contribution in [3.05, 3.63) is 61.5 Å². The lowest BCUT2D eigenvalue weighted by molar-refractivity contribution is -0.385. The first-order chi connectivity index (χ1) is 13.1.